The second-order valence-electron chi connectivity index (χ2n) is 8.13. The van der Waals surface area contributed by atoms with Crippen molar-refractivity contribution in [2.75, 3.05) is 38.8 Å². The van der Waals surface area contributed by atoms with Gasteiger partial charge in [-0.05, 0) is 12.1 Å². The Bertz CT molecular complexity index is 1260. The zero-order chi connectivity index (χ0) is 32.9. The molecule has 2 atom stereocenters. The van der Waals surface area contributed by atoms with Gasteiger partial charge >= 0.3 is 19.7 Å². The molecule has 0 unspecified atom stereocenters. The predicted molar refractivity (Wildman–Crippen MR) is 144 cm³/mol. The monoisotopic (exact) mass is 655 g/mol. The Morgan fingerprint density at radius 1 is 1.26 bits per heavy atom. The van der Waals surface area contributed by atoms with E-state index in [-0.39, 0.29) is 48.3 Å². The summed E-state index contributed by atoms with van der Waals surface area (Å²) >= 11 is 1.21. The van der Waals surface area contributed by atoms with Crippen molar-refractivity contribution in [3.05, 3.63) is 35.4 Å². The Balaban J connectivity index is 0.000000548. The molecule has 0 bridgehead atoms. The molecule has 4 amide bonds. The van der Waals surface area contributed by atoms with Crippen LogP contribution in [0.2, 0.25) is 0 Å². The van der Waals surface area contributed by atoms with E-state index in [1.54, 1.807) is 6.07 Å². The molecule has 43 heavy (non-hydrogen) atoms. The summed E-state index contributed by atoms with van der Waals surface area (Å²) in [7, 11) is -2.94. The number of aliphatic hydroxyl groups excluding tert-OH is 3. The SMILES string of the molecule is CO/N=C(\C(=O)N[C@@H]1C(=O)N2C(C(=O)O)=C(COC(N)=O)CS[C@H]12)c1ccco1.NC(=O)CP(=O)(O)O.OCC(O)CO. The van der Waals surface area contributed by atoms with E-state index >= 15 is 0 Å². The molecule has 0 saturated carbocycles. The molecule has 0 aliphatic carbocycles. The predicted octanol–water partition coefficient (Wildman–Crippen LogP) is -3.55. The first kappa shape index (κ1) is 37.0. The molecular weight excluding hydrogens is 625 g/mol. The lowest BCUT2D eigenvalue weighted by Gasteiger charge is -2.49. The average Bonchev–Trinajstić information content (AvgIpc) is 3.46. The normalized spacial score (nSPS) is 17.8. The second-order valence-corrected chi connectivity index (χ2v) is 10.9. The molecule has 11 N–H and O–H groups in total. The van der Waals surface area contributed by atoms with Crippen molar-refractivity contribution < 1.29 is 72.7 Å². The summed E-state index contributed by atoms with van der Waals surface area (Å²) in [5.41, 5.74) is 9.12. The van der Waals surface area contributed by atoms with Crippen LogP contribution in [0, 0.1) is 0 Å². The third kappa shape index (κ3) is 11.7. The molecule has 240 valence electrons. The number of nitrogens with two attached hydrogens (primary N) is 2. The van der Waals surface area contributed by atoms with E-state index in [1.165, 1.54) is 31.2 Å². The second kappa shape index (κ2) is 17.2. The number of aliphatic carboxylic acids is 1. The van der Waals surface area contributed by atoms with E-state index < -0.39 is 61.1 Å². The van der Waals surface area contributed by atoms with E-state index in [9.17, 15) is 33.6 Å². The summed E-state index contributed by atoms with van der Waals surface area (Å²) in [6, 6.07) is 2.08. The first-order valence-electron chi connectivity index (χ1n) is 11.6. The quantitative estimate of drug-likeness (QED) is 0.0482. The van der Waals surface area contributed by atoms with Gasteiger partial charge in [-0.1, -0.05) is 5.16 Å². The highest BCUT2D eigenvalue weighted by atomic mass is 32.2. The number of carboxylic acid groups (broad SMARTS) is 1. The number of furan rings is 1. The van der Waals surface area contributed by atoms with E-state index in [1.807, 2.05) is 0 Å². The molecule has 2 aliphatic heterocycles. The summed E-state index contributed by atoms with van der Waals surface area (Å²) in [6.07, 6.45) is -1.53. The van der Waals surface area contributed by atoms with Gasteiger partial charge in [-0.25, -0.2) is 9.59 Å². The summed E-state index contributed by atoms with van der Waals surface area (Å²) in [6.45, 7) is -1.08. The zero-order valence-electron chi connectivity index (χ0n) is 22.3. The van der Waals surface area contributed by atoms with Gasteiger partial charge in [-0.2, -0.15) is 0 Å². The molecule has 0 aromatic carbocycles. The highest BCUT2D eigenvalue weighted by molar-refractivity contribution is 8.00. The molecule has 3 rings (SSSR count). The van der Waals surface area contributed by atoms with Gasteiger partial charge in [0.1, 0.15) is 43.1 Å². The molecule has 2 aliphatic rings. The van der Waals surface area contributed by atoms with E-state index in [0.717, 1.165) is 4.90 Å². The first-order valence-corrected chi connectivity index (χ1v) is 14.4. The van der Waals surface area contributed by atoms with Gasteiger partial charge in [-0.15, -0.1) is 11.8 Å². The van der Waals surface area contributed by atoms with Gasteiger partial charge in [0.15, 0.2) is 5.76 Å². The Hall–Kier alpha value is -3.98. The van der Waals surface area contributed by atoms with Crippen LogP contribution < -0.4 is 16.8 Å². The van der Waals surface area contributed by atoms with Gasteiger partial charge in [0, 0.05) is 11.3 Å². The van der Waals surface area contributed by atoms with Crippen molar-refractivity contribution in [3.63, 3.8) is 0 Å². The molecule has 1 fully saturated rings. The van der Waals surface area contributed by atoms with Gasteiger partial charge in [0.25, 0.3) is 11.8 Å². The van der Waals surface area contributed by atoms with Gasteiger partial charge in [-0.3, -0.25) is 23.8 Å². The number of ether oxygens (including phenoxy) is 1. The van der Waals surface area contributed by atoms with Crippen LogP contribution in [0.1, 0.15) is 5.76 Å². The highest BCUT2D eigenvalue weighted by Crippen LogP contribution is 2.40. The van der Waals surface area contributed by atoms with Crippen LogP contribution in [0.4, 0.5) is 4.79 Å². The highest BCUT2D eigenvalue weighted by Gasteiger charge is 2.54. The number of nitrogens with one attached hydrogen (secondary N) is 1. The van der Waals surface area contributed by atoms with Crippen molar-refractivity contribution >= 4 is 54.9 Å². The number of carboxylic acids is 1. The maximum Gasteiger partial charge on any atom is 0.404 e. The third-order valence-corrected chi connectivity index (χ3v) is 6.92. The Labute approximate surface area is 246 Å². The molecule has 20 nitrogen and oxygen atoms in total. The lowest BCUT2D eigenvalue weighted by molar-refractivity contribution is -0.150. The number of oxime groups is 1. The number of carbonyl (C=O) groups excluding carboxylic acids is 4. The number of nitrogens with zero attached hydrogens (tertiary/aromatic N) is 2. The van der Waals surface area contributed by atoms with Gasteiger partial charge < -0.3 is 61.0 Å². The number of hydrogen-bond donors (Lipinski definition) is 9. The number of fused-ring (bicyclic) bond motifs is 1. The number of thioether (sulfide) groups is 1. The minimum atomic E-state index is -4.20. The van der Waals surface area contributed by atoms with Gasteiger partial charge in [0.2, 0.25) is 11.6 Å². The maximum absolute atomic E-state index is 12.6. The van der Waals surface area contributed by atoms with E-state index in [4.69, 9.17) is 35.3 Å². The Morgan fingerprint density at radius 3 is 2.28 bits per heavy atom. The summed E-state index contributed by atoms with van der Waals surface area (Å²) in [5.74, 6) is -3.37. The fourth-order valence-corrected chi connectivity index (χ4v) is 4.86. The molecule has 0 spiro atoms. The minimum absolute atomic E-state index is 0.140. The number of primary amides is 2. The lowest BCUT2D eigenvalue weighted by atomic mass is 10.0. The third-order valence-electron chi connectivity index (χ3n) is 4.86. The number of hydrogen-bond acceptors (Lipinski definition) is 14. The first-order chi connectivity index (χ1) is 20.1. The van der Waals surface area contributed by atoms with Gasteiger partial charge in [0.05, 0.1) is 19.5 Å². The molecule has 3 heterocycles. The summed E-state index contributed by atoms with van der Waals surface area (Å²) in [5, 5.41) is 39.0. The number of carbonyl (C=O) groups is 5. The molecule has 1 saturated heterocycles. The van der Waals surface area contributed by atoms with E-state index in [0.29, 0.717) is 0 Å². The van der Waals surface area contributed by atoms with Crippen LogP contribution in [0.25, 0.3) is 0 Å². The minimum Gasteiger partial charge on any atom is -0.477 e. The summed E-state index contributed by atoms with van der Waals surface area (Å²) in [4.78, 5) is 79.0. The van der Waals surface area contributed by atoms with Crippen molar-refractivity contribution in [1.29, 1.82) is 0 Å². The fourth-order valence-electron chi connectivity index (χ4n) is 3.13. The standard InChI is InChI=1S/C16H16N4O8S.C3H8O3.C2H6NO4P/c1-26-19-9(8-3-2-4-27-8)12(21)18-10-13(22)20-11(15(23)24)7(5-28-16(17)25)6-29-14(10)20;4-1-3(6)2-5;3-2(4)1-8(5,6)7/h2-4,10,14H,5-6H2,1H3,(H2,17,25)(H,18,21)(H,23,24);3-6H,1-2H2;1H2,(H2,3,4)(H2,5,6,7)/b19-9-;;/t10-,14-;;/m1../s1. The fraction of sp³-hybridized carbons (Fsp3) is 0.429. The smallest absolute Gasteiger partial charge is 0.404 e. The number of amides is 4. The van der Waals surface area contributed by atoms with Crippen molar-refractivity contribution in [3.8, 4) is 0 Å². The van der Waals surface area contributed by atoms with Crippen molar-refractivity contribution in [1.82, 2.24) is 10.2 Å². The van der Waals surface area contributed by atoms with Crippen LogP contribution in [0.5, 0.6) is 0 Å². The molecule has 0 radical (unpaired) electrons. The maximum atomic E-state index is 12.6. The van der Waals surface area contributed by atoms with Crippen molar-refractivity contribution in [2.45, 2.75) is 17.5 Å². The Kier molecular flexibility index (Phi) is 14.8. The molecule has 22 heteroatoms. The van der Waals surface area contributed by atoms with Crippen LogP contribution in [0.3, 0.4) is 0 Å². The largest absolute Gasteiger partial charge is 0.477 e. The molecule has 1 aromatic heterocycles. The van der Waals surface area contributed by atoms with Crippen LogP contribution in [-0.2, 0) is 33.3 Å². The number of aliphatic hydroxyl groups is 3. The van der Waals surface area contributed by atoms with Crippen molar-refractivity contribution in [2.24, 2.45) is 16.6 Å². The lowest BCUT2D eigenvalue weighted by Crippen LogP contribution is -2.71. The summed E-state index contributed by atoms with van der Waals surface area (Å²) < 4.78 is 19.6. The van der Waals surface area contributed by atoms with Crippen LogP contribution in [-0.4, -0.2) is 127 Å². The number of β-lactam (4-membered cyclic amide) rings is 1. The Morgan fingerprint density at radius 2 is 1.88 bits per heavy atom. The van der Waals surface area contributed by atoms with Crippen LogP contribution >= 0.6 is 19.4 Å². The number of rotatable bonds is 11. The molecular formula is C21H30N5O15PS. The average molecular weight is 656 g/mol. The topological polar surface area (TPSA) is 335 Å². The zero-order valence-corrected chi connectivity index (χ0v) is 24.0. The van der Waals surface area contributed by atoms with E-state index in [2.05, 4.69) is 25.8 Å². The molecule has 1 aromatic rings. The van der Waals surface area contributed by atoms with Crippen LogP contribution in [0.15, 0.2) is 39.2 Å².